The van der Waals surface area contributed by atoms with Gasteiger partial charge in [-0.1, -0.05) is 16.8 Å². The van der Waals surface area contributed by atoms with Crippen LogP contribution in [0.4, 0.5) is 27.6 Å². The highest BCUT2D eigenvalue weighted by molar-refractivity contribution is 14.1. The SMILES string of the molecule is Cc1cc(I)cc(C(=O)NC(C)C)c1NC(=O)c1cc(Cn2cc(C(F)(F)C(F)(F)F)nn2)nn1-c1ncccc1Cl. The smallest absolute Gasteiger partial charge is 0.350 e. The lowest BCUT2D eigenvalue weighted by molar-refractivity contribution is -0.291. The van der Waals surface area contributed by atoms with Gasteiger partial charge in [0, 0.05) is 15.8 Å². The van der Waals surface area contributed by atoms with Gasteiger partial charge in [0.2, 0.25) is 0 Å². The molecule has 17 heteroatoms. The molecule has 0 aliphatic rings. The van der Waals surface area contributed by atoms with Crippen LogP contribution in [0.2, 0.25) is 5.02 Å². The fraction of sp³-hybridized carbons (Fsp3) is 0.280. The third-order valence-electron chi connectivity index (χ3n) is 5.68. The van der Waals surface area contributed by atoms with Crippen LogP contribution < -0.4 is 10.6 Å². The summed E-state index contributed by atoms with van der Waals surface area (Å²) in [6, 6.07) is 7.50. The van der Waals surface area contributed by atoms with Crippen LogP contribution in [-0.4, -0.2) is 53.8 Å². The Morgan fingerprint density at radius 3 is 2.48 bits per heavy atom. The van der Waals surface area contributed by atoms with Crippen molar-refractivity contribution in [1.82, 2.24) is 35.1 Å². The summed E-state index contributed by atoms with van der Waals surface area (Å²) < 4.78 is 68.3. The summed E-state index contributed by atoms with van der Waals surface area (Å²) in [5.41, 5.74) is -0.654. The quantitative estimate of drug-likeness (QED) is 0.183. The molecule has 4 aromatic rings. The van der Waals surface area contributed by atoms with E-state index < -0.39 is 36.2 Å². The predicted octanol–water partition coefficient (Wildman–Crippen LogP) is 5.52. The second kappa shape index (κ2) is 11.9. The molecule has 0 radical (unpaired) electrons. The Labute approximate surface area is 253 Å². The molecule has 0 aliphatic heterocycles. The highest BCUT2D eigenvalue weighted by atomic mass is 127. The van der Waals surface area contributed by atoms with Gasteiger partial charge in [0.05, 0.1) is 34.7 Å². The summed E-state index contributed by atoms with van der Waals surface area (Å²) in [5.74, 6) is -6.33. The Morgan fingerprint density at radius 2 is 1.83 bits per heavy atom. The number of pyridine rings is 1. The molecule has 0 saturated carbocycles. The van der Waals surface area contributed by atoms with Gasteiger partial charge >= 0.3 is 12.1 Å². The molecule has 2 N–H and O–H groups in total. The number of carbonyl (C=O) groups is 2. The van der Waals surface area contributed by atoms with Gasteiger partial charge < -0.3 is 10.6 Å². The van der Waals surface area contributed by atoms with E-state index in [1.165, 1.54) is 18.3 Å². The largest absolute Gasteiger partial charge is 0.459 e. The zero-order valence-corrected chi connectivity index (χ0v) is 24.9. The van der Waals surface area contributed by atoms with Gasteiger partial charge in [-0.15, -0.1) is 5.10 Å². The van der Waals surface area contributed by atoms with E-state index in [9.17, 15) is 31.5 Å². The minimum atomic E-state index is -5.87. The van der Waals surface area contributed by atoms with Crippen LogP contribution in [0.3, 0.4) is 0 Å². The van der Waals surface area contributed by atoms with Crippen molar-refractivity contribution in [1.29, 1.82) is 0 Å². The van der Waals surface area contributed by atoms with Crippen molar-refractivity contribution in [3.63, 3.8) is 0 Å². The maximum atomic E-state index is 13.7. The molecule has 0 aliphatic carbocycles. The molecule has 0 spiro atoms. The Hall–Kier alpha value is -3.67. The lowest BCUT2D eigenvalue weighted by Gasteiger charge is -2.16. The Bertz CT molecular complexity index is 1650. The second-order valence-electron chi connectivity index (χ2n) is 9.34. The van der Waals surface area contributed by atoms with Gasteiger partial charge in [-0.25, -0.2) is 14.3 Å². The first-order valence-electron chi connectivity index (χ1n) is 12.1. The Morgan fingerprint density at radius 1 is 1.12 bits per heavy atom. The average Bonchev–Trinajstić information content (AvgIpc) is 3.52. The Kier molecular flexibility index (Phi) is 8.86. The van der Waals surface area contributed by atoms with Crippen LogP contribution in [0.15, 0.2) is 42.7 Å². The number of hydrogen-bond donors (Lipinski definition) is 2. The van der Waals surface area contributed by atoms with Gasteiger partial charge in [0.15, 0.2) is 11.5 Å². The molecular formula is C25H21ClF5IN8O2. The first kappa shape index (κ1) is 31.3. The number of anilines is 1. The van der Waals surface area contributed by atoms with Crippen molar-refractivity contribution in [2.45, 2.75) is 45.5 Å². The van der Waals surface area contributed by atoms with Crippen molar-refractivity contribution >= 4 is 51.7 Å². The van der Waals surface area contributed by atoms with Crippen molar-refractivity contribution in [2.75, 3.05) is 5.32 Å². The van der Waals surface area contributed by atoms with Gasteiger partial charge in [0.25, 0.3) is 11.8 Å². The fourth-order valence-corrected chi connectivity index (χ4v) is 4.78. The molecule has 0 saturated heterocycles. The molecule has 10 nitrogen and oxygen atoms in total. The number of nitrogens with one attached hydrogen (secondary N) is 2. The van der Waals surface area contributed by atoms with Gasteiger partial charge in [-0.2, -0.15) is 27.1 Å². The normalized spacial score (nSPS) is 12.1. The molecular weight excluding hydrogens is 702 g/mol. The van der Waals surface area contributed by atoms with Crippen LogP contribution in [0, 0.1) is 10.5 Å². The van der Waals surface area contributed by atoms with Crippen molar-refractivity contribution < 1.29 is 31.5 Å². The molecule has 0 unspecified atom stereocenters. The van der Waals surface area contributed by atoms with E-state index in [0.29, 0.717) is 11.8 Å². The van der Waals surface area contributed by atoms with E-state index in [2.05, 4.69) is 31.0 Å². The molecule has 4 rings (SSSR count). The summed E-state index contributed by atoms with van der Waals surface area (Å²) in [6.07, 6.45) is -4.03. The van der Waals surface area contributed by atoms with Crippen molar-refractivity contribution in [3.05, 3.63) is 79.5 Å². The van der Waals surface area contributed by atoms with E-state index in [4.69, 9.17) is 11.6 Å². The van der Waals surface area contributed by atoms with Crippen LogP contribution in [0.5, 0.6) is 0 Å². The predicted molar refractivity (Wildman–Crippen MR) is 150 cm³/mol. The summed E-state index contributed by atoms with van der Waals surface area (Å²) in [4.78, 5) is 30.7. The lowest BCUT2D eigenvalue weighted by Crippen LogP contribution is -2.34. The van der Waals surface area contributed by atoms with Crippen LogP contribution in [-0.2, 0) is 12.5 Å². The van der Waals surface area contributed by atoms with Gasteiger partial charge in [-0.3, -0.25) is 9.59 Å². The monoisotopic (exact) mass is 722 g/mol. The highest BCUT2D eigenvalue weighted by Gasteiger charge is 2.60. The second-order valence-corrected chi connectivity index (χ2v) is 11.0. The first-order valence-corrected chi connectivity index (χ1v) is 13.5. The molecule has 0 atom stereocenters. The molecule has 2 amide bonds. The molecule has 3 heterocycles. The summed E-state index contributed by atoms with van der Waals surface area (Å²) in [5, 5.41) is 16.2. The molecule has 222 valence electrons. The number of hydrogen-bond acceptors (Lipinski definition) is 6. The average molecular weight is 723 g/mol. The van der Waals surface area contributed by atoms with E-state index in [0.717, 1.165) is 12.9 Å². The standard InChI is InChI=1S/C25H21ClF5IN8O2/c1-12(2)34-22(41)16-8-14(32)7-13(3)20(16)35-23(42)18-9-15(37-40(18)21-17(26)5-4-6-33-21)10-39-11-19(36-38-39)24(27,28)25(29,30)31/h4-9,11-12H,10H2,1-3H3,(H,34,41)(H,35,42). The van der Waals surface area contributed by atoms with Gasteiger partial charge in [0.1, 0.15) is 5.69 Å². The van der Waals surface area contributed by atoms with Crippen LogP contribution >= 0.6 is 34.2 Å². The number of rotatable bonds is 8. The number of aromatic nitrogens is 6. The van der Waals surface area contributed by atoms with E-state index in [1.54, 1.807) is 39.0 Å². The van der Waals surface area contributed by atoms with Crippen molar-refractivity contribution in [3.8, 4) is 5.82 Å². The Balaban J connectivity index is 1.73. The first-order chi connectivity index (χ1) is 19.6. The number of carbonyl (C=O) groups excluding carboxylic acids is 2. The summed E-state index contributed by atoms with van der Waals surface area (Å²) in [6.45, 7) is 4.86. The minimum Gasteiger partial charge on any atom is -0.350 e. The number of aryl methyl sites for hydroxylation is 1. The lowest BCUT2D eigenvalue weighted by atomic mass is 10.1. The van der Waals surface area contributed by atoms with E-state index in [-0.39, 0.29) is 39.5 Å². The zero-order chi connectivity index (χ0) is 31.0. The summed E-state index contributed by atoms with van der Waals surface area (Å²) >= 11 is 8.34. The summed E-state index contributed by atoms with van der Waals surface area (Å²) in [7, 11) is 0. The van der Waals surface area contributed by atoms with E-state index >= 15 is 0 Å². The number of alkyl halides is 5. The van der Waals surface area contributed by atoms with Crippen LogP contribution in [0.1, 0.15) is 51.6 Å². The zero-order valence-electron chi connectivity index (χ0n) is 22.0. The number of nitrogens with zero attached hydrogens (tertiary/aromatic N) is 6. The molecule has 0 bridgehead atoms. The third-order valence-corrected chi connectivity index (χ3v) is 6.59. The number of halogens is 7. The van der Waals surface area contributed by atoms with E-state index in [1.807, 2.05) is 22.6 Å². The topological polar surface area (TPSA) is 120 Å². The molecule has 0 fully saturated rings. The molecule has 3 aromatic heterocycles. The number of benzene rings is 1. The fourth-order valence-electron chi connectivity index (χ4n) is 3.80. The maximum absolute atomic E-state index is 13.7. The van der Waals surface area contributed by atoms with Gasteiger partial charge in [-0.05, 0) is 79.3 Å². The van der Waals surface area contributed by atoms with Crippen LogP contribution in [0.25, 0.3) is 5.82 Å². The minimum absolute atomic E-state index is 0.0331. The molecule has 1 aromatic carbocycles. The third kappa shape index (κ3) is 6.53. The molecule has 42 heavy (non-hydrogen) atoms. The maximum Gasteiger partial charge on any atom is 0.459 e. The number of amides is 2. The van der Waals surface area contributed by atoms with Crippen molar-refractivity contribution in [2.24, 2.45) is 0 Å². The highest BCUT2D eigenvalue weighted by Crippen LogP contribution is 2.42.